The Labute approximate surface area is 133 Å². The van der Waals surface area contributed by atoms with Crippen molar-refractivity contribution in [3.63, 3.8) is 0 Å². The maximum atomic E-state index is 12.0. The van der Waals surface area contributed by atoms with Crippen molar-refractivity contribution in [2.75, 3.05) is 0 Å². The molecule has 22 heavy (non-hydrogen) atoms. The molecule has 0 saturated heterocycles. The van der Waals surface area contributed by atoms with E-state index in [1.807, 2.05) is 0 Å². The zero-order valence-corrected chi connectivity index (χ0v) is 13.6. The highest BCUT2D eigenvalue weighted by molar-refractivity contribution is 7.91. The van der Waals surface area contributed by atoms with Crippen molar-refractivity contribution in [1.29, 1.82) is 0 Å². The van der Waals surface area contributed by atoms with Gasteiger partial charge >= 0.3 is 5.97 Å². The zero-order valence-electron chi connectivity index (χ0n) is 12.0. The van der Waals surface area contributed by atoms with Crippen LogP contribution in [-0.4, -0.2) is 37.5 Å². The molecule has 1 aromatic rings. The van der Waals surface area contributed by atoms with E-state index in [0.717, 1.165) is 11.3 Å². The molecule has 1 aromatic heterocycles. The SMILES string of the molecule is C=CCCC(NC(=O)C(C)NS(=O)(=O)c1cccs1)C(=O)O. The lowest BCUT2D eigenvalue weighted by atomic mass is 10.1. The molecule has 1 heterocycles. The Morgan fingerprint density at radius 2 is 2.18 bits per heavy atom. The van der Waals surface area contributed by atoms with Crippen LogP contribution in [0.25, 0.3) is 0 Å². The highest BCUT2D eigenvalue weighted by Crippen LogP contribution is 2.15. The number of carbonyl (C=O) groups is 2. The molecule has 0 saturated carbocycles. The monoisotopic (exact) mass is 346 g/mol. The second kappa shape index (κ2) is 8.06. The van der Waals surface area contributed by atoms with Crippen LogP contribution in [0.4, 0.5) is 0 Å². The van der Waals surface area contributed by atoms with Crippen molar-refractivity contribution in [2.45, 2.75) is 36.1 Å². The van der Waals surface area contributed by atoms with E-state index in [2.05, 4.69) is 16.6 Å². The summed E-state index contributed by atoms with van der Waals surface area (Å²) >= 11 is 1.03. The molecular weight excluding hydrogens is 328 g/mol. The van der Waals surface area contributed by atoms with Crippen LogP contribution in [0.5, 0.6) is 0 Å². The zero-order chi connectivity index (χ0) is 16.8. The molecule has 0 aliphatic heterocycles. The number of thiophene rings is 1. The lowest BCUT2D eigenvalue weighted by Crippen LogP contribution is -2.50. The quantitative estimate of drug-likeness (QED) is 0.576. The molecule has 122 valence electrons. The highest BCUT2D eigenvalue weighted by atomic mass is 32.2. The average molecular weight is 346 g/mol. The Bertz CT molecular complexity index is 625. The first-order valence-corrected chi connectivity index (χ1v) is 8.84. The van der Waals surface area contributed by atoms with Gasteiger partial charge in [-0.2, -0.15) is 4.72 Å². The van der Waals surface area contributed by atoms with Gasteiger partial charge in [0, 0.05) is 0 Å². The number of sulfonamides is 1. The van der Waals surface area contributed by atoms with Crippen molar-refractivity contribution in [3.05, 3.63) is 30.2 Å². The highest BCUT2D eigenvalue weighted by Gasteiger charge is 2.26. The number of amides is 1. The van der Waals surface area contributed by atoms with Gasteiger partial charge in [0.25, 0.3) is 10.0 Å². The van der Waals surface area contributed by atoms with Crippen molar-refractivity contribution in [1.82, 2.24) is 10.0 Å². The Balaban J connectivity index is 2.68. The first-order valence-electron chi connectivity index (χ1n) is 6.48. The fraction of sp³-hybridized carbons (Fsp3) is 0.385. The number of carboxylic acid groups (broad SMARTS) is 1. The van der Waals surface area contributed by atoms with E-state index in [-0.39, 0.29) is 10.6 Å². The van der Waals surface area contributed by atoms with Gasteiger partial charge in [-0.05, 0) is 31.2 Å². The van der Waals surface area contributed by atoms with E-state index in [4.69, 9.17) is 5.11 Å². The van der Waals surface area contributed by atoms with Crippen LogP contribution in [-0.2, 0) is 19.6 Å². The van der Waals surface area contributed by atoms with E-state index in [0.29, 0.717) is 6.42 Å². The standard InChI is InChI=1S/C13H18N2O5S2/c1-3-4-6-10(13(17)18)14-12(16)9(2)15-22(19,20)11-7-5-8-21-11/h3,5,7-10,15H,1,4,6H2,2H3,(H,14,16)(H,17,18). The molecule has 0 aliphatic rings. The molecule has 0 spiro atoms. The molecule has 7 nitrogen and oxygen atoms in total. The summed E-state index contributed by atoms with van der Waals surface area (Å²) in [6.45, 7) is 4.84. The Morgan fingerprint density at radius 1 is 1.50 bits per heavy atom. The van der Waals surface area contributed by atoms with Crippen molar-refractivity contribution >= 4 is 33.2 Å². The van der Waals surface area contributed by atoms with Crippen LogP contribution in [0.1, 0.15) is 19.8 Å². The van der Waals surface area contributed by atoms with Crippen molar-refractivity contribution in [2.24, 2.45) is 0 Å². The lowest BCUT2D eigenvalue weighted by molar-refractivity contribution is -0.142. The summed E-state index contributed by atoms with van der Waals surface area (Å²) in [5.74, 6) is -1.87. The largest absolute Gasteiger partial charge is 0.480 e. The summed E-state index contributed by atoms with van der Waals surface area (Å²) in [6, 6.07) is 0.832. The summed E-state index contributed by atoms with van der Waals surface area (Å²) in [7, 11) is -3.79. The summed E-state index contributed by atoms with van der Waals surface area (Å²) in [5.41, 5.74) is 0. The van der Waals surface area contributed by atoms with Crippen LogP contribution in [0.3, 0.4) is 0 Å². The minimum Gasteiger partial charge on any atom is -0.480 e. The van der Waals surface area contributed by atoms with Gasteiger partial charge in [0.1, 0.15) is 10.3 Å². The average Bonchev–Trinajstić information content (AvgIpc) is 2.97. The molecule has 1 rings (SSSR count). The molecule has 0 aliphatic carbocycles. The second-order valence-corrected chi connectivity index (χ2v) is 7.43. The van der Waals surface area contributed by atoms with Crippen LogP contribution in [0.2, 0.25) is 0 Å². The van der Waals surface area contributed by atoms with Gasteiger partial charge in [0.15, 0.2) is 0 Å². The Kier molecular flexibility index (Phi) is 6.72. The molecule has 2 unspecified atom stereocenters. The predicted octanol–water partition coefficient (Wildman–Crippen LogP) is 0.950. The molecule has 2 atom stereocenters. The van der Waals surface area contributed by atoms with E-state index in [9.17, 15) is 18.0 Å². The van der Waals surface area contributed by atoms with Crippen LogP contribution in [0, 0.1) is 0 Å². The number of aliphatic carboxylic acids is 1. The molecule has 0 bridgehead atoms. The minimum absolute atomic E-state index is 0.0913. The summed E-state index contributed by atoms with van der Waals surface area (Å²) in [4.78, 5) is 23.0. The molecule has 0 fully saturated rings. The number of carboxylic acids is 1. The molecule has 3 N–H and O–H groups in total. The van der Waals surface area contributed by atoms with E-state index < -0.39 is 34.0 Å². The van der Waals surface area contributed by atoms with E-state index in [1.165, 1.54) is 13.0 Å². The maximum Gasteiger partial charge on any atom is 0.326 e. The number of carbonyl (C=O) groups excluding carboxylic acids is 1. The van der Waals surface area contributed by atoms with Crippen LogP contribution in [0.15, 0.2) is 34.4 Å². The summed E-state index contributed by atoms with van der Waals surface area (Å²) in [5, 5.41) is 12.9. The van der Waals surface area contributed by atoms with Gasteiger partial charge in [0.05, 0.1) is 6.04 Å². The van der Waals surface area contributed by atoms with Gasteiger partial charge in [-0.3, -0.25) is 4.79 Å². The second-order valence-electron chi connectivity index (χ2n) is 4.54. The van der Waals surface area contributed by atoms with E-state index >= 15 is 0 Å². The summed E-state index contributed by atoms with van der Waals surface area (Å²) < 4.78 is 26.3. The van der Waals surface area contributed by atoms with Gasteiger partial charge < -0.3 is 10.4 Å². The molecule has 1 amide bonds. The topological polar surface area (TPSA) is 113 Å². The minimum atomic E-state index is -3.79. The normalized spacial score (nSPS) is 14.0. The fourth-order valence-corrected chi connectivity index (χ4v) is 3.81. The van der Waals surface area contributed by atoms with Crippen molar-refractivity contribution < 1.29 is 23.1 Å². The molecule has 9 heteroatoms. The Hall–Kier alpha value is -1.71. The predicted molar refractivity (Wildman–Crippen MR) is 83.1 cm³/mol. The van der Waals surface area contributed by atoms with Gasteiger partial charge in [-0.1, -0.05) is 12.1 Å². The van der Waals surface area contributed by atoms with Gasteiger partial charge in [-0.15, -0.1) is 17.9 Å². The van der Waals surface area contributed by atoms with Gasteiger partial charge in [0.2, 0.25) is 5.91 Å². The first kappa shape index (κ1) is 18.3. The first-order chi connectivity index (χ1) is 10.3. The number of nitrogens with one attached hydrogen (secondary N) is 2. The Morgan fingerprint density at radius 3 is 2.68 bits per heavy atom. The third-order valence-electron chi connectivity index (χ3n) is 2.76. The third kappa shape index (κ3) is 5.24. The fourth-order valence-electron chi connectivity index (χ4n) is 1.60. The third-order valence-corrected chi connectivity index (χ3v) is 5.70. The van der Waals surface area contributed by atoms with Crippen LogP contribution < -0.4 is 10.0 Å². The number of hydrogen-bond acceptors (Lipinski definition) is 5. The molecular formula is C13H18N2O5S2. The maximum absolute atomic E-state index is 12.0. The lowest BCUT2D eigenvalue weighted by Gasteiger charge is -2.18. The smallest absolute Gasteiger partial charge is 0.326 e. The number of rotatable bonds is 9. The number of hydrogen-bond donors (Lipinski definition) is 3. The van der Waals surface area contributed by atoms with Crippen molar-refractivity contribution in [3.8, 4) is 0 Å². The molecule has 0 aromatic carbocycles. The van der Waals surface area contributed by atoms with E-state index in [1.54, 1.807) is 17.5 Å². The number of allylic oxidation sites excluding steroid dienone is 1. The van der Waals surface area contributed by atoms with Crippen LogP contribution >= 0.6 is 11.3 Å². The van der Waals surface area contributed by atoms with Gasteiger partial charge in [-0.25, -0.2) is 13.2 Å². The molecule has 0 radical (unpaired) electrons. The summed E-state index contributed by atoms with van der Waals surface area (Å²) in [6.07, 6.45) is 2.16.